The molecule has 0 amide bonds. The van der Waals surface area contributed by atoms with Gasteiger partial charge < -0.3 is 5.11 Å². The van der Waals surface area contributed by atoms with E-state index in [1.807, 2.05) is 6.20 Å². The third-order valence-electron chi connectivity index (χ3n) is 6.10. The highest BCUT2D eigenvalue weighted by atomic mass is 16.3. The van der Waals surface area contributed by atoms with Crippen LogP contribution in [-0.2, 0) is 25.8 Å². The molecule has 1 aliphatic heterocycles. The number of aryl methyl sites for hydroxylation is 1. The Balaban J connectivity index is 1.37. The van der Waals surface area contributed by atoms with Crippen LogP contribution in [0.5, 0.6) is 0 Å². The van der Waals surface area contributed by atoms with Crippen molar-refractivity contribution >= 4 is 0 Å². The molecule has 4 rings (SSSR count). The zero-order valence-electron chi connectivity index (χ0n) is 15.8. The highest BCUT2D eigenvalue weighted by molar-refractivity contribution is 5.33. The molecule has 2 aliphatic rings. The highest BCUT2D eigenvalue weighted by Crippen LogP contribution is 2.29. The smallest absolute Gasteiger partial charge is 0.0834 e. The van der Waals surface area contributed by atoms with Gasteiger partial charge in [0.2, 0.25) is 0 Å². The quantitative estimate of drug-likeness (QED) is 0.897. The van der Waals surface area contributed by atoms with Gasteiger partial charge in [0.1, 0.15) is 0 Å². The van der Waals surface area contributed by atoms with Gasteiger partial charge in [-0.1, -0.05) is 37.3 Å². The Labute approximate surface area is 156 Å². The zero-order valence-corrected chi connectivity index (χ0v) is 15.8. The number of pyridine rings is 1. The first-order chi connectivity index (χ1) is 12.6. The minimum absolute atomic E-state index is 0.173. The Morgan fingerprint density at radius 3 is 2.46 bits per heavy atom. The molecule has 1 N–H and O–H groups in total. The van der Waals surface area contributed by atoms with Gasteiger partial charge in [-0.15, -0.1) is 0 Å². The van der Waals surface area contributed by atoms with E-state index in [0.717, 1.165) is 44.6 Å². The molecule has 0 spiro atoms. The largest absolute Gasteiger partial charge is 0.390 e. The van der Waals surface area contributed by atoms with Crippen LogP contribution >= 0.6 is 0 Å². The van der Waals surface area contributed by atoms with Crippen molar-refractivity contribution in [2.75, 3.05) is 20.1 Å². The van der Waals surface area contributed by atoms with Crippen molar-refractivity contribution in [2.24, 2.45) is 0 Å². The van der Waals surface area contributed by atoms with E-state index >= 15 is 0 Å². The maximum absolute atomic E-state index is 10.7. The van der Waals surface area contributed by atoms with Crippen LogP contribution in [0, 0.1) is 0 Å². The maximum atomic E-state index is 10.7. The summed E-state index contributed by atoms with van der Waals surface area (Å²) in [6.07, 6.45) is 4.91. The lowest BCUT2D eigenvalue weighted by molar-refractivity contribution is 0.0939. The minimum atomic E-state index is -0.293. The Morgan fingerprint density at radius 1 is 1.12 bits per heavy atom. The minimum Gasteiger partial charge on any atom is -0.390 e. The first-order valence-electron chi connectivity index (χ1n) is 9.77. The van der Waals surface area contributed by atoms with Crippen LogP contribution in [0.2, 0.25) is 0 Å². The fraction of sp³-hybridized carbons (Fsp3) is 0.500. The van der Waals surface area contributed by atoms with Crippen molar-refractivity contribution in [3.05, 3.63) is 65.0 Å². The van der Waals surface area contributed by atoms with E-state index in [0.29, 0.717) is 6.04 Å². The number of β-amino-alcohol motifs (C(OH)–C–C–N with tert-alkyl or cyclic N) is 1. The van der Waals surface area contributed by atoms with E-state index in [1.165, 1.54) is 16.7 Å². The monoisotopic (exact) mass is 351 g/mol. The molecule has 1 aromatic heterocycles. The molecule has 1 aliphatic carbocycles. The molecule has 138 valence electrons. The molecule has 2 heterocycles. The van der Waals surface area contributed by atoms with Crippen molar-refractivity contribution in [3.8, 4) is 0 Å². The molecule has 0 radical (unpaired) electrons. The second kappa shape index (κ2) is 7.47. The molecule has 0 bridgehead atoms. The van der Waals surface area contributed by atoms with Gasteiger partial charge in [0.15, 0.2) is 0 Å². The SMILES string of the molecule is CCc1ccc(CN(C)[C@H]2CN(C3Cc4ccccc4C3)C[C@@H]2O)nc1. The number of likely N-dealkylation sites (N-methyl/N-ethyl adjacent to an activating group) is 1. The Kier molecular flexibility index (Phi) is 5.07. The lowest BCUT2D eigenvalue weighted by Crippen LogP contribution is -2.41. The number of hydrogen-bond donors (Lipinski definition) is 1. The van der Waals surface area contributed by atoms with Crippen LogP contribution in [0.1, 0.15) is 29.3 Å². The molecule has 4 heteroatoms. The average molecular weight is 351 g/mol. The number of rotatable bonds is 5. The highest BCUT2D eigenvalue weighted by Gasteiger charge is 2.38. The number of aliphatic hydroxyl groups is 1. The third kappa shape index (κ3) is 3.54. The van der Waals surface area contributed by atoms with Crippen LogP contribution in [0.25, 0.3) is 0 Å². The standard InChI is InChI=1S/C22H29N3O/c1-3-16-8-9-19(23-12-16)13-24(2)21-14-25(15-22(21)26)20-10-17-6-4-5-7-18(17)11-20/h4-9,12,20-22,26H,3,10-11,13-15H2,1-2H3/t21-,22-/m0/s1. The van der Waals surface area contributed by atoms with Gasteiger partial charge in [-0.2, -0.15) is 0 Å². The normalized spacial score (nSPS) is 23.7. The molecule has 0 unspecified atom stereocenters. The molecule has 1 aromatic carbocycles. The van der Waals surface area contributed by atoms with E-state index in [1.54, 1.807) is 0 Å². The van der Waals surface area contributed by atoms with E-state index < -0.39 is 0 Å². The predicted octanol–water partition coefficient (Wildman–Crippen LogP) is 2.29. The van der Waals surface area contributed by atoms with Gasteiger partial charge >= 0.3 is 0 Å². The van der Waals surface area contributed by atoms with Gasteiger partial charge in [0.05, 0.1) is 11.8 Å². The first kappa shape index (κ1) is 17.7. The number of benzene rings is 1. The number of nitrogens with zero attached hydrogens (tertiary/aromatic N) is 3. The van der Waals surface area contributed by atoms with Gasteiger partial charge in [0.25, 0.3) is 0 Å². The number of likely N-dealkylation sites (tertiary alicyclic amines) is 1. The molecule has 26 heavy (non-hydrogen) atoms. The summed E-state index contributed by atoms with van der Waals surface area (Å²) < 4.78 is 0. The van der Waals surface area contributed by atoms with E-state index in [2.05, 4.69) is 65.2 Å². The Morgan fingerprint density at radius 2 is 1.85 bits per heavy atom. The first-order valence-corrected chi connectivity index (χ1v) is 9.77. The molecule has 2 atom stereocenters. The summed E-state index contributed by atoms with van der Waals surface area (Å²) in [7, 11) is 2.11. The number of aliphatic hydroxyl groups excluding tert-OH is 1. The maximum Gasteiger partial charge on any atom is 0.0834 e. The summed E-state index contributed by atoms with van der Waals surface area (Å²) in [5.41, 5.74) is 5.29. The second-order valence-corrected chi connectivity index (χ2v) is 7.85. The number of aromatic nitrogens is 1. The fourth-order valence-electron chi connectivity index (χ4n) is 4.45. The van der Waals surface area contributed by atoms with Crippen LogP contribution in [0.3, 0.4) is 0 Å². The molecule has 4 nitrogen and oxygen atoms in total. The van der Waals surface area contributed by atoms with Crippen molar-refractivity contribution in [1.82, 2.24) is 14.8 Å². The predicted molar refractivity (Wildman–Crippen MR) is 104 cm³/mol. The summed E-state index contributed by atoms with van der Waals surface area (Å²) in [5, 5.41) is 10.7. The molecular formula is C22H29N3O. The van der Waals surface area contributed by atoms with Gasteiger partial charge in [-0.3, -0.25) is 14.8 Å². The van der Waals surface area contributed by atoms with Crippen molar-refractivity contribution in [1.29, 1.82) is 0 Å². The van der Waals surface area contributed by atoms with Crippen LogP contribution in [0.4, 0.5) is 0 Å². The lowest BCUT2D eigenvalue weighted by Gasteiger charge is -2.27. The number of fused-ring (bicyclic) bond motifs is 1. The summed E-state index contributed by atoms with van der Waals surface area (Å²) in [5.74, 6) is 0. The summed E-state index contributed by atoms with van der Waals surface area (Å²) in [4.78, 5) is 9.32. The summed E-state index contributed by atoms with van der Waals surface area (Å²) in [6, 6.07) is 13.7. The summed E-state index contributed by atoms with van der Waals surface area (Å²) in [6.45, 7) is 4.64. The number of hydrogen-bond acceptors (Lipinski definition) is 4. The van der Waals surface area contributed by atoms with Crippen LogP contribution < -0.4 is 0 Å². The molecule has 1 fully saturated rings. The van der Waals surface area contributed by atoms with Crippen LogP contribution in [-0.4, -0.2) is 58.2 Å². The van der Waals surface area contributed by atoms with Crippen LogP contribution in [0.15, 0.2) is 42.6 Å². The second-order valence-electron chi connectivity index (χ2n) is 7.85. The van der Waals surface area contributed by atoms with E-state index in [9.17, 15) is 5.11 Å². The molecule has 1 saturated heterocycles. The van der Waals surface area contributed by atoms with Gasteiger partial charge in [-0.05, 0) is 49.1 Å². The Bertz CT molecular complexity index is 720. The van der Waals surface area contributed by atoms with Gasteiger partial charge in [-0.25, -0.2) is 0 Å². The molecule has 2 aromatic rings. The van der Waals surface area contributed by atoms with E-state index in [-0.39, 0.29) is 12.1 Å². The summed E-state index contributed by atoms with van der Waals surface area (Å²) >= 11 is 0. The Hall–Kier alpha value is -1.75. The van der Waals surface area contributed by atoms with Gasteiger partial charge in [0, 0.05) is 37.9 Å². The van der Waals surface area contributed by atoms with E-state index in [4.69, 9.17) is 0 Å². The average Bonchev–Trinajstić information content (AvgIpc) is 3.25. The van der Waals surface area contributed by atoms with Crippen molar-refractivity contribution < 1.29 is 5.11 Å². The lowest BCUT2D eigenvalue weighted by atomic mass is 10.1. The topological polar surface area (TPSA) is 39.6 Å². The molecule has 0 saturated carbocycles. The zero-order chi connectivity index (χ0) is 18.1. The molecular weight excluding hydrogens is 322 g/mol. The van der Waals surface area contributed by atoms with Crippen molar-refractivity contribution in [3.63, 3.8) is 0 Å². The fourth-order valence-corrected chi connectivity index (χ4v) is 4.45. The van der Waals surface area contributed by atoms with Crippen molar-refractivity contribution in [2.45, 2.75) is 50.9 Å². The third-order valence-corrected chi connectivity index (χ3v) is 6.10.